The number of carbonyl (C=O) groups excluding carboxylic acids is 1. The summed E-state index contributed by atoms with van der Waals surface area (Å²) in [4.78, 5) is 10.7. The normalized spacial score (nSPS) is 30.3. The van der Waals surface area contributed by atoms with Crippen LogP contribution in [0.3, 0.4) is 0 Å². The highest BCUT2D eigenvalue weighted by Gasteiger charge is 2.40. The van der Waals surface area contributed by atoms with E-state index in [1.807, 2.05) is 0 Å². The van der Waals surface area contributed by atoms with Crippen LogP contribution in [0.2, 0.25) is 0 Å². The summed E-state index contributed by atoms with van der Waals surface area (Å²) < 4.78 is 9.72. The Morgan fingerprint density at radius 2 is 2.30 bits per heavy atom. The van der Waals surface area contributed by atoms with E-state index in [2.05, 4.69) is 0 Å². The minimum atomic E-state index is -0.871. The fraction of sp³-hybridized carbons (Fsp3) is 0.833. The molecule has 1 N–H and O–H groups in total. The highest BCUT2D eigenvalue weighted by molar-refractivity contribution is 5.76. The average Bonchev–Trinajstić information content (AvgIpc) is 2.05. The van der Waals surface area contributed by atoms with Crippen molar-refractivity contribution in [3.05, 3.63) is 0 Å². The number of ether oxygens (including phenoxy) is 2. The van der Waals surface area contributed by atoms with E-state index in [-0.39, 0.29) is 6.61 Å². The molecule has 0 amide bonds. The van der Waals surface area contributed by atoms with Crippen molar-refractivity contribution in [2.75, 3.05) is 6.61 Å². The van der Waals surface area contributed by atoms with Crippen molar-refractivity contribution in [2.24, 2.45) is 0 Å². The standard InChI is InChI=1S/C6H10O4/c1-6(2)9-4(3-7)5(8)10-6/h4,7H,3H2,1-2H3/t4-/m1/s1. The van der Waals surface area contributed by atoms with Crippen LogP contribution in [-0.4, -0.2) is 29.6 Å². The van der Waals surface area contributed by atoms with Gasteiger partial charge >= 0.3 is 5.97 Å². The monoisotopic (exact) mass is 146 g/mol. The van der Waals surface area contributed by atoms with Gasteiger partial charge in [-0.1, -0.05) is 0 Å². The Hall–Kier alpha value is -0.610. The molecule has 1 heterocycles. The smallest absolute Gasteiger partial charge is 0.340 e. The van der Waals surface area contributed by atoms with Crippen LogP contribution < -0.4 is 0 Å². The molecule has 0 aromatic carbocycles. The molecular weight excluding hydrogens is 136 g/mol. The zero-order chi connectivity index (χ0) is 7.78. The summed E-state index contributed by atoms with van der Waals surface area (Å²) >= 11 is 0. The molecule has 58 valence electrons. The highest BCUT2D eigenvalue weighted by atomic mass is 16.8. The summed E-state index contributed by atoms with van der Waals surface area (Å²) in [6.45, 7) is 2.93. The van der Waals surface area contributed by atoms with E-state index in [9.17, 15) is 4.79 Å². The quantitative estimate of drug-likeness (QED) is 0.514. The van der Waals surface area contributed by atoms with Gasteiger partial charge in [0.05, 0.1) is 6.61 Å². The van der Waals surface area contributed by atoms with Gasteiger partial charge in [-0.15, -0.1) is 0 Å². The Morgan fingerprint density at radius 1 is 1.70 bits per heavy atom. The fourth-order valence-electron chi connectivity index (χ4n) is 0.835. The average molecular weight is 146 g/mol. The second kappa shape index (κ2) is 2.21. The fourth-order valence-corrected chi connectivity index (χ4v) is 0.835. The first-order valence-electron chi connectivity index (χ1n) is 3.07. The molecule has 1 rings (SSSR count). The van der Waals surface area contributed by atoms with Crippen LogP contribution in [0, 0.1) is 0 Å². The van der Waals surface area contributed by atoms with Crippen molar-refractivity contribution >= 4 is 5.97 Å². The zero-order valence-corrected chi connectivity index (χ0v) is 5.96. The zero-order valence-electron chi connectivity index (χ0n) is 5.96. The largest absolute Gasteiger partial charge is 0.432 e. The van der Waals surface area contributed by atoms with E-state index in [1.54, 1.807) is 13.8 Å². The summed E-state index contributed by atoms with van der Waals surface area (Å²) in [6.07, 6.45) is -0.796. The molecule has 4 heteroatoms. The summed E-state index contributed by atoms with van der Waals surface area (Å²) in [7, 11) is 0. The molecule has 0 aromatic rings. The summed E-state index contributed by atoms with van der Waals surface area (Å²) in [5.41, 5.74) is 0. The van der Waals surface area contributed by atoms with Gasteiger partial charge in [-0.3, -0.25) is 0 Å². The van der Waals surface area contributed by atoms with Crippen molar-refractivity contribution in [1.82, 2.24) is 0 Å². The van der Waals surface area contributed by atoms with Crippen molar-refractivity contribution in [3.8, 4) is 0 Å². The Labute approximate surface area is 58.7 Å². The molecule has 1 fully saturated rings. The minimum absolute atomic E-state index is 0.317. The molecule has 0 saturated carbocycles. The maximum atomic E-state index is 10.7. The first-order chi connectivity index (χ1) is 4.55. The second-order valence-electron chi connectivity index (χ2n) is 2.61. The number of hydrogen-bond acceptors (Lipinski definition) is 4. The number of carbonyl (C=O) groups is 1. The second-order valence-corrected chi connectivity index (χ2v) is 2.61. The van der Waals surface area contributed by atoms with Gasteiger partial charge in [-0.05, 0) is 0 Å². The lowest BCUT2D eigenvalue weighted by Crippen LogP contribution is -2.23. The van der Waals surface area contributed by atoms with Gasteiger partial charge in [0.25, 0.3) is 0 Å². The predicted octanol–water partition coefficient (Wildman–Crippen LogP) is -0.343. The van der Waals surface area contributed by atoms with Gasteiger partial charge in [-0.2, -0.15) is 0 Å². The molecule has 4 nitrogen and oxygen atoms in total. The van der Waals surface area contributed by atoms with E-state index in [0.29, 0.717) is 0 Å². The number of rotatable bonds is 1. The maximum absolute atomic E-state index is 10.7. The van der Waals surface area contributed by atoms with Gasteiger partial charge in [-0.25, -0.2) is 4.79 Å². The third kappa shape index (κ3) is 1.27. The van der Waals surface area contributed by atoms with Crippen molar-refractivity contribution in [1.29, 1.82) is 0 Å². The Balaban J connectivity index is 2.61. The number of esters is 1. The van der Waals surface area contributed by atoms with Crippen LogP contribution in [0.1, 0.15) is 13.8 Å². The van der Waals surface area contributed by atoms with Crippen molar-refractivity contribution < 1.29 is 19.4 Å². The molecule has 1 saturated heterocycles. The van der Waals surface area contributed by atoms with Crippen LogP contribution in [-0.2, 0) is 14.3 Å². The van der Waals surface area contributed by atoms with Crippen LogP contribution in [0.4, 0.5) is 0 Å². The minimum Gasteiger partial charge on any atom is -0.432 e. The van der Waals surface area contributed by atoms with Crippen LogP contribution in [0.15, 0.2) is 0 Å². The summed E-state index contributed by atoms with van der Waals surface area (Å²) in [6, 6.07) is 0. The van der Waals surface area contributed by atoms with E-state index in [1.165, 1.54) is 0 Å². The predicted molar refractivity (Wildman–Crippen MR) is 32.1 cm³/mol. The van der Waals surface area contributed by atoms with Gasteiger partial charge in [0, 0.05) is 13.8 Å². The summed E-state index contributed by atoms with van der Waals surface area (Å²) in [5, 5.41) is 8.54. The molecule has 0 bridgehead atoms. The van der Waals surface area contributed by atoms with Crippen LogP contribution >= 0.6 is 0 Å². The number of hydrogen-bond donors (Lipinski definition) is 1. The van der Waals surface area contributed by atoms with Crippen molar-refractivity contribution in [3.63, 3.8) is 0 Å². The lowest BCUT2D eigenvalue weighted by molar-refractivity contribution is -0.161. The molecule has 10 heavy (non-hydrogen) atoms. The van der Waals surface area contributed by atoms with Gasteiger partial charge < -0.3 is 14.6 Å². The van der Waals surface area contributed by atoms with E-state index in [4.69, 9.17) is 14.6 Å². The Kier molecular flexibility index (Phi) is 1.66. The summed E-state index contributed by atoms with van der Waals surface area (Å²) in [5.74, 6) is -1.36. The first kappa shape index (κ1) is 7.50. The van der Waals surface area contributed by atoms with Crippen LogP contribution in [0.25, 0.3) is 0 Å². The molecule has 0 spiro atoms. The number of aliphatic hydroxyl groups is 1. The topological polar surface area (TPSA) is 55.8 Å². The third-order valence-electron chi connectivity index (χ3n) is 1.20. The molecule has 0 unspecified atom stereocenters. The molecule has 0 radical (unpaired) electrons. The van der Waals surface area contributed by atoms with Crippen molar-refractivity contribution in [2.45, 2.75) is 25.7 Å². The van der Waals surface area contributed by atoms with Gasteiger partial charge in [0.2, 0.25) is 5.79 Å². The van der Waals surface area contributed by atoms with Gasteiger partial charge in [0.1, 0.15) is 0 Å². The lowest BCUT2D eigenvalue weighted by Gasteiger charge is -2.14. The molecule has 0 aromatic heterocycles. The molecule has 1 aliphatic heterocycles. The maximum Gasteiger partial charge on any atom is 0.340 e. The van der Waals surface area contributed by atoms with Crippen LogP contribution in [0.5, 0.6) is 0 Å². The number of aliphatic hydroxyl groups excluding tert-OH is 1. The SMILES string of the molecule is CC1(C)OC(=O)[C@@H](CO)O1. The number of cyclic esters (lactones) is 1. The van der Waals surface area contributed by atoms with E-state index >= 15 is 0 Å². The Bertz CT molecular complexity index is 152. The molecule has 1 aliphatic rings. The lowest BCUT2D eigenvalue weighted by atomic mass is 10.4. The highest BCUT2D eigenvalue weighted by Crippen LogP contribution is 2.22. The molecular formula is C6H10O4. The third-order valence-corrected chi connectivity index (χ3v) is 1.20. The van der Waals surface area contributed by atoms with E-state index < -0.39 is 17.9 Å². The van der Waals surface area contributed by atoms with Gasteiger partial charge in [0.15, 0.2) is 6.10 Å². The Morgan fingerprint density at radius 3 is 2.50 bits per heavy atom. The first-order valence-corrected chi connectivity index (χ1v) is 3.07. The molecule has 1 atom stereocenters. The molecule has 0 aliphatic carbocycles. The van der Waals surface area contributed by atoms with E-state index in [0.717, 1.165) is 0 Å².